The summed E-state index contributed by atoms with van der Waals surface area (Å²) < 4.78 is 42.8. The fraction of sp³-hybridized carbons (Fsp3) is 0.182. The largest absolute Gasteiger partial charge is 0.322 e. The number of amides is 2. The summed E-state index contributed by atoms with van der Waals surface area (Å²) in [6, 6.07) is 10.4. The van der Waals surface area contributed by atoms with Gasteiger partial charge in [-0.3, -0.25) is 0 Å². The summed E-state index contributed by atoms with van der Waals surface area (Å²) in [5, 5.41) is 7.45. The fourth-order valence-electron chi connectivity index (χ4n) is 3.57. The van der Waals surface area contributed by atoms with Gasteiger partial charge in [0, 0.05) is 41.6 Å². The van der Waals surface area contributed by atoms with E-state index in [0.29, 0.717) is 5.02 Å². The van der Waals surface area contributed by atoms with Crippen LogP contribution in [-0.2, 0) is 0 Å². The number of hydrogen-bond acceptors (Lipinski definition) is 4. The van der Waals surface area contributed by atoms with Crippen molar-refractivity contribution in [3.05, 3.63) is 65.7 Å². The zero-order chi connectivity index (χ0) is 23.2. The van der Waals surface area contributed by atoms with Gasteiger partial charge in [-0.1, -0.05) is 23.7 Å². The third kappa shape index (κ3) is 4.34. The molecule has 7 nitrogen and oxygen atoms in total. The first-order valence-corrected chi connectivity index (χ1v) is 10.4. The predicted molar refractivity (Wildman–Crippen MR) is 117 cm³/mol. The molecular formula is C22H16ClF3N6O. The first kappa shape index (κ1) is 21.2. The summed E-state index contributed by atoms with van der Waals surface area (Å²) >= 11 is 5.93. The number of carbonyl (C=O) groups excluding carboxylic acids is 1. The lowest BCUT2D eigenvalue weighted by Crippen LogP contribution is -2.34. The maximum absolute atomic E-state index is 14.6. The highest BCUT2D eigenvalue weighted by Crippen LogP contribution is 2.29. The van der Waals surface area contributed by atoms with Crippen molar-refractivity contribution < 1.29 is 18.0 Å². The maximum Gasteiger partial charge on any atom is 0.322 e. The Bertz CT molecular complexity index is 1360. The number of urea groups is 1. The van der Waals surface area contributed by atoms with Gasteiger partial charge in [-0.2, -0.15) is 4.98 Å². The molecule has 168 valence electrons. The van der Waals surface area contributed by atoms with Gasteiger partial charge >= 0.3 is 6.03 Å². The zero-order valence-electron chi connectivity index (χ0n) is 17.0. The van der Waals surface area contributed by atoms with E-state index in [-0.39, 0.29) is 35.8 Å². The number of carbonyl (C=O) groups is 1. The van der Waals surface area contributed by atoms with E-state index < -0.39 is 24.3 Å². The standard InChI is InChI=1S/C22H16ClF3N6O/c23-15-3-1-13(2-4-15)14-10-27-20-29-19(30-32(20)11-14)17-9-16(5-6-18(17)24)28-21(33)31-8-7-22(25,26)12-31/h1-6,9-11H,7-8,12H2,(H,28,33). The molecule has 0 bridgehead atoms. The molecule has 1 aliphatic heterocycles. The first-order valence-electron chi connectivity index (χ1n) is 9.99. The number of nitrogens with one attached hydrogen (secondary N) is 1. The molecule has 3 heterocycles. The van der Waals surface area contributed by atoms with Crippen LogP contribution in [0, 0.1) is 5.82 Å². The lowest BCUT2D eigenvalue weighted by atomic mass is 10.1. The van der Waals surface area contributed by atoms with Crippen LogP contribution in [0.3, 0.4) is 0 Å². The highest BCUT2D eigenvalue weighted by molar-refractivity contribution is 6.30. The van der Waals surface area contributed by atoms with Crippen molar-refractivity contribution in [2.24, 2.45) is 0 Å². The molecule has 2 amide bonds. The van der Waals surface area contributed by atoms with Crippen LogP contribution < -0.4 is 5.32 Å². The topological polar surface area (TPSA) is 75.4 Å². The summed E-state index contributed by atoms with van der Waals surface area (Å²) in [7, 11) is 0. The van der Waals surface area contributed by atoms with Crippen molar-refractivity contribution in [3.63, 3.8) is 0 Å². The number of nitrogens with zero attached hydrogens (tertiary/aromatic N) is 5. The summed E-state index contributed by atoms with van der Waals surface area (Å²) in [6.07, 6.45) is 2.94. The third-order valence-electron chi connectivity index (χ3n) is 5.29. The van der Waals surface area contributed by atoms with Crippen LogP contribution >= 0.6 is 11.6 Å². The Labute approximate surface area is 190 Å². The normalized spacial score (nSPS) is 15.2. The van der Waals surface area contributed by atoms with Crippen molar-refractivity contribution in [2.75, 3.05) is 18.4 Å². The molecule has 0 atom stereocenters. The number of hydrogen-bond donors (Lipinski definition) is 1. The van der Waals surface area contributed by atoms with E-state index in [1.54, 1.807) is 24.5 Å². The van der Waals surface area contributed by atoms with Crippen LogP contribution in [-0.4, -0.2) is 49.5 Å². The number of aromatic nitrogens is 4. The summed E-state index contributed by atoms with van der Waals surface area (Å²) in [5.41, 5.74) is 1.91. The van der Waals surface area contributed by atoms with Crippen molar-refractivity contribution in [3.8, 4) is 22.5 Å². The molecule has 0 radical (unpaired) electrons. The maximum atomic E-state index is 14.6. The van der Waals surface area contributed by atoms with Gasteiger partial charge in [-0.15, -0.1) is 5.10 Å². The van der Waals surface area contributed by atoms with Crippen molar-refractivity contribution in [2.45, 2.75) is 12.3 Å². The summed E-state index contributed by atoms with van der Waals surface area (Å²) in [5.74, 6) is -3.17. The van der Waals surface area contributed by atoms with E-state index in [1.165, 1.54) is 16.6 Å². The van der Waals surface area contributed by atoms with Gasteiger partial charge in [0.2, 0.25) is 0 Å². The zero-order valence-corrected chi connectivity index (χ0v) is 17.7. The van der Waals surface area contributed by atoms with Crippen LogP contribution in [0.25, 0.3) is 28.3 Å². The quantitative estimate of drug-likeness (QED) is 0.449. The molecule has 1 fully saturated rings. The second-order valence-electron chi connectivity index (χ2n) is 7.68. The van der Waals surface area contributed by atoms with E-state index in [1.807, 2.05) is 12.1 Å². The number of alkyl halides is 2. The fourth-order valence-corrected chi connectivity index (χ4v) is 3.70. The average Bonchev–Trinajstić information content (AvgIpc) is 3.37. The third-order valence-corrected chi connectivity index (χ3v) is 5.54. The SMILES string of the molecule is O=C(Nc1ccc(F)c(-c2nc3ncc(-c4ccc(Cl)cc4)cn3n2)c1)N1CCC(F)(F)C1. The summed E-state index contributed by atoms with van der Waals surface area (Å²) in [6.45, 7) is -0.703. The first-order chi connectivity index (χ1) is 15.8. The predicted octanol–water partition coefficient (Wildman–Crippen LogP) is 5.12. The second-order valence-corrected chi connectivity index (χ2v) is 8.12. The Hall–Kier alpha value is -3.66. The lowest BCUT2D eigenvalue weighted by Gasteiger charge is -2.17. The van der Waals surface area contributed by atoms with Crippen LogP contribution in [0.1, 0.15) is 6.42 Å². The minimum absolute atomic E-state index is 0.0399. The molecule has 1 aliphatic rings. The van der Waals surface area contributed by atoms with Crippen molar-refractivity contribution in [1.82, 2.24) is 24.5 Å². The number of halogens is 4. The Morgan fingerprint density at radius 1 is 1.12 bits per heavy atom. The Balaban J connectivity index is 1.42. The van der Waals surface area contributed by atoms with Gasteiger partial charge in [0.05, 0.1) is 12.1 Å². The second kappa shape index (κ2) is 8.04. The molecule has 0 unspecified atom stereocenters. The van der Waals surface area contributed by atoms with Crippen molar-refractivity contribution >= 4 is 29.1 Å². The van der Waals surface area contributed by atoms with E-state index in [9.17, 15) is 18.0 Å². The van der Waals surface area contributed by atoms with Crippen LogP contribution in [0.5, 0.6) is 0 Å². The van der Waals surface area contributed by atoms with Gasteiger partial charge in [0.25, 0.3) is 11.7 Å². The molecule has 1 saturated heterocycles. The van der Waals surface area contributed by atoms with E-state index in [2.05, 4.69) is 20.4 Å². The van der Waals surface area contributed by atoms with Gasteiger partial charge in [0.1, 0.15) is 5.82 Å². The molecule has 2 aromatic heterocycles. The smallest absolute Gasteiger partial charge is 0.318 e. The monoisotopic (exact) mass is 472 g/mol. The van der Waals surface area contributed by atoms with Crippen molar-refractivity contribution in [1.29, 1.82) is 0 Å². The number of likely N-dealkylation sites (tertiary alicyclic amines) is 1. The minimum atomic E-state index is -2.90. The molecule has 0 saturated carbocycles. The number of rotatable bonds is 3. The van der Waals surface area contributed by atoms with Gasteiger partial charge in [-0.25, -0.2) is 27.5 Å². The minimum Gasteiger partial charge on any atom is -0.318 e. The van der Waals surface area contributed by atoms with E-state index in [4.69, 9.17) is 11.6 Å². The highest BCUT2D eigenvalue weighted by atomic mass is 35.5. The van der Waals surface area contributed by atoms with E-state index in [0.717, 1.165) is 22.1 Å². The summed E-state index contributed by atoms with van der Waals surface area (Å²) in [4.78, 5) is 21.9. The van der Waals surface area contributed by atoms with Crippen LogP contribution in [0.4, 0.5) is 23.7 Å². The number of fused-ring (bicyclic) bond motifs is 1. The van der Waals surface area contributed by atoms with Crippen LogP contribution in [0.15, 0.2) is 54.9 Å². The Kier molecular flexibility index (Phi) is 5.16. The molecule has 1 N–H and O–H groups in total. The van der Waals surface area contributed by atoms with Gasteiger partial charge in [0.15, 0.2) is 5.82 Å². The van der Waals surface area contributed by atoms with Gasteiger partial charge in [-0.05, 0) is 35.9 Å². The molecule has 2 aromatic carbocycles. The van der Waals surface area contributed by atoms with E-state index >= 15 is 0 Å². The molecular weight excluding hydrogens is 457 g/mol. The number of anilines is 1. The molecule has 11 heteroatoms. The average molecular weight is 473 g/mol. The lowest BCUT2D eigenvalue weighted by molar-refractivity contribution is 0.0159. The molecule has 5 rings (SSSR count). The molecule has 0 aliphatic carbocycles. The number of benzene rings is 2. The Morgan fingerprint density at radius 3 is 2.64 bits per heavy atom. The Morgan fingerprint density at radius 2 is 1.91 bits per heavy atom. The van der Waals surface area contributed by atoms with Crippen LogP contribution in [0.2, 0.25) is 5.02 Å². The van der Waals surface area contributed by atoms with Gasteiger partial charge < -0.3 is 10.2 Å². The highest BCUT2D eigenvalue weighted by Gasteiger charge is 2.40. The molecule has 4 aromatic rings. The molecule has 33 heavy (non-hydrogen) atoms. The molecule has 0 spiro atoms.